The van der Waals surface area contributed by atoms with Gasteiger partial charge >= 0.3 is 0 Å². The van der Waals surface area contributed by atoms with E-state index in [9.17, 15) is 4.79 Å². The Labute approximate surface area is 198 Å². The molecule has 1 atom stereocenters. The van der Waals surface area contributed by atoms with Crippen LogP contribution in [0.3, 0.4) is 0 Å². The number of thioether (sulfide) groups is 1. The Balaban J connectivity index is 1.57. The summed E-state index contributed by atoms with van der Waals surface area (Å²) in [7, 11) is 0. The molecule has 3 N–H and O–H groups in total. The molecule has 33 heavy (non-hydrogen) atoms. The highest BCUT2D eigenvalue weighted by Gasteiger charge is 2.33. The number of hydrogen-bond acceptors (Lipinski definition) is 6. The van der Waals surface area contributed by atoms with Crippen LogP contribution in [0.5, 0.6) is 5.75 Å². The maximum atomic E-state index is 12.4. The summed E-state index contributed by atoms with van der Waals surface area (Å²) < 4.78 is 7.70. The van der Waals surface area contributed by atoms with E-state index in [2.05, 4.69) is 53.5 Å². The van der Waals surface area contributed by atoms with Crippen molar-refractivity contribution in [3.63, 3.8) is 0 Å². The second kappa shape index (κ2) is 10.1. The van der Waals surface area contributed by atoms with Gasteiger partial charge in [0.25, 0.3) is 0 Å². The fourth-order valence-electron chi connectivity index (χ4n) is 3.73. The number of ether oxygens (including phenoxy) is 1. The molecule has 0 spiro atoms. The standard InChI is InChI=1S/C25H29N5O2S/c1-4-5-14-33-25-28-24-27-17(3)21(23(26)31)22(30(24)29-25)19-10-12-20(13-11-19)32-15-18-8-6-16(2)7-9-18/h6-13,22H,4-5,14-15H2,1-3H3,(H2,26,31)(H,27,28,29). The number of benzene rings is 2. The number of fused-ring (bicyclic) bond motifs is 1. The van der Waals surface area contributed by atoms with Crippen molar-refractivity contribution in [3.05, 3.63) is 76.5 Å². The predicted octanol–water partition coefficient (Wildman–Crippen LogP) is 4.83. The van der Waals surface area contributed by atoms with Crippen molar-refractivity contribution in [1.29, 1.82) is 0 Å². The molecule has 8 heteroatoms. The fourth-order valence-corrected chi connectivity index (χ4v) is 4.64. The summed E-state index contributed by atoms with van der Waals surface area (Å²) in [5.41, 5.74) is 10.2. The maximum absolute atomic E-state index is 12.4. The molecule has 0 saturated carbocycles. The zero-order chi connectivity index (χ0) is 23.4. The number of carbonyl (C=O) groups excluding carboxylic acids is 1. The largest absolute Gasteiger partial charge is 0.489 e. The average molecular weight is 464 g/mol. The molecular weight excluding hydrogens is 434 g/mol. The van der Waals surface area contributed by atoms with Crippen LogP contribution >= 0.6 is 11.8 Å². The average Bonchev–Trinajstić information content (AvgIpc) is 3.20. The summed E-state index contributed by atoms with van der Waals surface area (Å²) in [6.07, 6.45) is 2.21. The van der Waals surface area contributed by atoms with Gasteiger partial charge in [0, 0.05) is 11.4 Å². The number of primary amides is 1. The predicted molar refractivity (Wildman–Crippen MR) is 131 cm³/mol. The third kappa shape index (κ3) is 5.22. The van der Waals surface area contributed by atoms with Gasteiger partial charge in [0.05, 0.1) is 5.57 Å². The van der Waals surface area contributed by atoms with Crippen LogP contribution in [0.1, 0.15) is 49.4 Å². The number of allylic oxidation sites excluding steroid dienone is 1. The van der Waals surface area contributed by atoms with Crippen LogP contribution < -0.4 is 15.8 Å². The Hall–Kier alpha value is -3.26. The van der Waals surface area contributed by atoms with Gasteiger partial charge in [0.2, 0.25) is 17.0 Å². The van der Waals surface area contributed by atoms with Crippen LogP contribution in [0.4, 0.5) is 5.95 Å². The number of nitrogens with zero attached hydrogens (tertiary/aromatic N) is 3. The van der Waals surface area contributed by atoms with E-state index in [-0.39, 0.29) is 0 Å². The summed E-state index contributed by atoms with van der Waals surface area (Å²) in [6, 6.07) is 15.5. The lowest BCUT2D eigenvalue weighted by Crippen LogP contribution is -2.31. The topological polar surface area (TPSA) is 95.1 Å². The lowest BCUT2D eigenvalue weighted by Gasteiger charge is -2.27. The van der Waals surface area contributed by atoms with E-state index in [1.54, 1.807) is 16.4 Å². The highest BCUT2D eigenvalue weighted by atomic mass is 32.2. The normalized spacial score (nSPS) is 15.2. The van der Waals surface area contributed by atoms with E-state index in [1.807, 2.05) is 31.2 Å². The number of nitrogens with two attached hydrogens (primary N) is 1. The molecule has 1 aromatic heterocycles. The molecule has 2 aromatic carbocycles. The first-order chi connectivity index (χ1) is 16.0. The number of anilines is 1. The molecule has 0 fully saturated rings. The number of nitrogens with one attached hydrogen (secondary N) is 1. The van der Waals surface area contributed by atoms with Gasteiger partial charge in [-0.25, -0.2) is 4.68 Å². The molecule has 0 saturated heterocycles. The zero-order valence-corrected chi connectivity index (χ0v) is 20.0. The van der Waals surface area contributed by atoms with Crippen molar-refractivity contribution in [2.75, 3.05) is 11.1 Å². The molecule has 1 amide bonds. The first kappa shape index (κ1) is 22.9. The highest BCUT2D eigenvalue weighted by molar-refractivity contribution is 7.99. The maximum Gasteiger partial charge on any atom is 0.248 e. The molecule has 0 aliphatic carbocycles. The van der Waals surface area contributed by atoms with Gasteiger partial charge < -0.3 is 15.8 Å². The SMILES string of the molecule is CCCCSc1nc2n(n1)C(c1ccc(OCc3ccc(C)cc3)cc1)C(C(N)=O)=C(C)N2. The summed E-state index contributed by atoms with van der Waals surface area (Å²) in [4.78, 5) is 17.0. The Bertz CT molecular complexity index is 1150. The molecule has 172 valence electrons. The summed E-state index contributed by atoms with van der Waals surface area (Å²) in [5, 5.41) is 8.56. The summed E-state index contributed by atoms with van der Waals surface area (Å²) in [6.45, 7) is 6.55. The smallest absolute Gasteiger partial charge is 0.248 e. The van der Waals surface area contributed by atoms with E-state index in [1.165, 1.54) is 5.56 Å². The minimum atomic E-state index is -0.481. The number of rotatable bonds is 9. The van der Waals surface area contributed by atoms with Crippen LogP contribution in [0.15, 0.2) is 65.0 Å². The minimum absolute atomic E-state index is 0.446. The highest BCUT2D eigenvalue weighted by Crippen LogP contribution is 2.36. The van der Waals surface area contributed by atoms with Gasteiger partial charge in [-0.1, -0.05) is 67.1 Å². The molecule has 2 heterocycles. The van der Waals surface area contributed by atoms with Crippen LogP contribution in [0.2, 0.25) is 0 Å². The van der Waals surface area contributed by atoms with Crippen molar-refractivity contribution in [1.82, 2.24) is 14.8 Å². The number of amides is 1. The molecule has 7 nitrogen and oxygen atoms in total. The van der Waals surface area contributed by atoms with Gasteiger partial charge in [-0.2, -0.15) is 4.98 Å². The van der Waals surface area contributed by atoms with Crippen LogP contribution in [-0.2, 0) is 11.4 Å². The number of unbranched alkanes of at least 4 members (excludes halogenated alkanes) is 1. The number of aryl methyl sites for hydroxylation is 1. The van der Waals surface area contributed by atoms with Crippen LogP contribution in [0.25, 0.3) is 0 Å². The number of aromatic nitrogens is 3. The van der Waals surface area contributed by atoms with Crippen LogP contribution in [0, 0.1) is 6.92 Å². The first-order valence-electron chi connectivity index (χ1n) is 11.1. The molecule has 1 unspecified atom stereocenters. The molecule has 4 rings (SSSR count). The third-order valence-electron chi connectivity index (χ3n) is 5.55. The van der Waals surface area contributed by atoms with E-state index < -0.39 is 11.9 Å². The molecule has 0 bridgehead atoms. The van der Waals surface area contributed by atoms with Gasteiger partial charge in [0.15, 0.2) is 0 Å². The van der Waals surface area contributed by atoms with Gasteiger partial charge in [0.1, 0.15) is 18.4 Å². The second-order valence-electron chi connectivity index (χ2n) is 8.14. The van der Waals surface area contributed by atoms with Crippen LogP contribution in [-0.4, -0.2) is 26.4 Å². The van der Waals surface area contributed by atoms with Gasteiger partial charge in [-0.05, 0) is 43.5 Å². The van der Waals surface area contributed by atoms with E-state index in [4.69, 9.17) is 10.5 Å². The molecule has 1 aliphatic rings. The lowest BCUT2D eigenvalue weighted by atomic mass is 9.95. The Morgan fingerprint density at radius 2 is 1.88 bits per heavy atom. The quantitative estimate of drug-likeness (QED) is 0.349. The molecular formula is C25H29N5O2S. The van der Waals surface area contributed by atoms with Gasteiger partial charge in [-0.15, -0.1) is 5.10 Å². The number of carbonyl (C=O) groups is 1. The Morgan fingerprint density at radius 1 is 1.15 bits per heavy atom. The summed E-state index contributed by atoms with van der Waals surface area (Å²) >= 11 is 1.62. The minimum Gasteiger partial charge on any atom is -0.489 e. The van der Waals surface area contributed by atoms with E-state index in [0.717, 1.165) is 35.5 Å². The van der Waals surface area contributed by atoms with Crippen molar-refractivity contribution in [2.45, 2.75) is 51.4 Å². The fraction of sp³-hybridized carbons (Fsp3) is 0.320. The Kier molecular flexibility index (Phi) is 7.03. The lowest BCUT2D eigenvalue weighted by molar-refractivity contribution is -0.115. The van der Waals surface area contributed by atoms with E-state index in [0.29, 0.717) is 29.0 Å². The van der Waals surface area contributed by atoms with Crippen molar-refractivity contribution < 1.29 is 9.53 Å². The monoisotopic (exact) mass is 463 g/mol. The van der Waals surface area contributed by atoms with Gasteiger partial charge in [-0.3, -0.25) is 4.79 Å². The van der Waals surface area contributed by atoms with E-state index >= 15 is 0 Å². The molecule has 3 aromatic rings. The van der Waals surface area contributed by atoms with Crippen molar-refractivity contribution in [3.8, 4) is 5.75 Å². The van der Waals surface area contributed by atoms with Crippen molar-refractivity contribution >= 4 is 23.6 Å². The Morgan fingerprint density at radius 3 is 2.55 bits per heavy atom. The summed E-state index contributed by atoms with van der Waals surface area (Å²) in [5.74, 6) is 1.84. The second-order valence-corrected chi connectivity index (χ2v) is 9.20. The third-order valence-corrected chi connectivity index (χ3v) is 6.47. The molecule has 1 aliphatic heterocycles. The molecule has 0 radical (unpaired) electrons. The zero-order valence-electron chi connectivity index (χ0n) is 19.2. The first-order valence-corrected chi connectivity index (χ1v) is 12.1. The number of hydrogen-bond donors (Lipinski definition) is 2. The van der Waals surface area contributed by atoms with Crippen molar-refractivity contribution in [2.24, 2.45) is 5.73 Å².